The molecule has 0 saturated carbocycles. The van der Waals surface area contributed by atoms with Crippen LogP contribution in [0.4, 0.5) is 17.1 Å². The Balaban J connectivity index is 1.31. The molecule has 0 atom stereocenters. The van der Waals surface area contributed by atoms with Gasteiger partial charge in [-0.1, -0.05) is 150 Å². The van der Waals surface area contributed by atoms with Crippen LogP contribution in [0.5, 0.6) is 0 Å². The first-order valence-electron chi connectivity index (χ1n) is 23.6. The van der Waals surface area contributed by atoms with Crippen LogP contribution in [0, 0.1) is 0 Å². The van der Waals surface area contributed by atoms with Crippen LogP contribution in [0.25, 0.3) is 87.0 Å². The van der Waals surface area contributed by atoms with Crippen LogP contribution in [-0.2, 0) is 21.7 Å². The van der Waals surface area contributed by atoms with Crippen molar-refractivity contribution >= 4 is 104 Å². The van der Waals surface area contributed by atoms with Crippen molar-refractivity contribution in [2.45, 2.75) is 105 Å². The lowest BCUT2D eigenvalue weighted by atomic mass is 9.84. The highest BCUT2D eigenvalue weighted by Crippen LogP contribution is 2.51. The van der Waals surface area contributed by atoms with Crippen LogP contribution in [0.1, 0.15) is 105 Å². The molecule has 8 aromatic carbocycles. The predicted molar refractivity (Wildman–Crippen MR) is 283 cm³/mol. The summed E-state index contributed by atoms with van der Waals surface area (Å²) in [4.78, 5) is 2.49. The van der Waals surface area contributed by atoms with Crippen molar-refractivity contribution in [2.75, 3.05) is 4.90 Å². The summed E-state index contributed by atoms with van der Waals surface area (Å²) in [6.45, 7) is 28.1. The molecule has 4 heterocycles. The average molecular weight is 846 g/mol. The number of hydrogen-bond acceptors (Lipinski definition) is 1. The summed E-state index contributed by atoms with van der Waals surface area (Å²) in [5.41, 5.74) is 16.5. The maximum Gasteiger partial charge on any atom is 0.0783 e. The minimum Gasteiger partial charge on any atom is -0.308 e. The lowest BCUT2D eigenvalue weighted by molar-refractivity contribution is 0.590. The van der Waals surface area contributed by atoms with E-state index >= 15 is 0 Å². The zero-order valence-electron chi connectivity index (χ0n) is 40.1. The van der Waals surface area contributed by atoms with E-state index in [1.54, 1.807) is 0 Å². The van der Waals surface area contributed by atoms with Crippen LogP contribution in [0.2, 0.25) is 0 Å². The van der Waals surface area contributed by atoms with Gasteiger partial charge in [0.1, 0.15) is 0 Å². The number of benzene rings is 8. The number of aromatic nitrogens is 2. The minimum atomic E-state index is -0.0868. The Kier molecular flexibility index (Phi) is 8.01. The van der Waals surface area contributed by atoms with Gasteiger partial charge in [0.2, 0.25) is 0 Å². The Bertz CT molecular complexity index is 3850. The molecule has 0 unspecified atom stereocenters. The lowest BCUT2D eigenvalue weighted by Gasteiger charge is -2.29. The Hall–Kier alpha value is -6.58. The molecule has 0 amide bonds. The van der Waals surface area contributed by atoms with Gasteiger partial charge in [-0.3, -0.25) is 0 Å². The van der Waals surface area contributed by atoms with E-state index in [-0.39, 0.29) is 21.7 Å². The van der Waals surface area contributed by atoms with Crippen molar-refractivity contribution in [1.29, 1.82) is 0 Å². The van der Waals surface area contributed by atoms with Gasteiger partial charge in [0, 0.05) is 65.2 Å². The van der Waals surface area contributed by atoms with Crippen molar-refractivity contribution in [3.05, 3.63) is 162 Å². The second-order valence-electron chi connectivity index (χ2n) is 23.2. The average Bonchev–Trinajstić information content (AvgIpc) is 3.99. The summed E-state index contributed by atoms with van der Waals surface area (Å²) in [6, 6.07) is 53.8. The molecule has 0 N–H and O–H groups in total. The quantitative estimate of drug-likeness (QED) is 0.173. The van der Waals surface area contributed by atoms with Gasteiger partial charge >= 0.3 is 0 Å². The topological polar surface area (TPSA) is 12.1 Å². The summed E-state index contributed by atoms with van der Waals surface area (Å²) in [6.07, 6.45) is 0. The summed E-state index contributed by atoms with van der Waals surface area (Å²) >= 11 is 0. The Morgan fingerprint density at radius 2 is 0.631 bits per heavy atom. The maximum absolute atomic E-state index is 2.66. The minimum absolute atomic E-state index is 0.00232. The summed E-state index contributed by atoms with van der Waals surface area (Å²) in [5, 5.41) is 13.1. The fourth-order valence-electron chi connectivity index (χ4n) is 11.1. The second-order valence-corrected chi connectivity index (χ2v) is 23.2. The maximum atomic E-state index is 2.66. The number of fused-ring (bicyclic) bond motifs is 15. The van der Waals surface area contributed by atoms with Crippen LogP contribution in [0.15, 0.2) is 140 Å². The van der Waals surface area contributed by atoms with E-state index in [1.165, 1.54) is 115 Å². The molecule has 0 aliphatic carbocycles. The Morgan fingerprint density at radius 1 is 0.292 bits per heavy atom. The number of para-hydroxylation sites is 2. The highest BCUT2D eigenvalue weighted by molar-refractivity contribution is 6.33. The molecule has 0 radical (unpaired) electrons. The molecule has 0 fully saturated rings. The normalized spacial score (nSPS) is 13.5. The fraction of sp³-hybridized carbons (Fsp3) is 0.258. The van der Waals surface area contributed by atoms with Gasteiger partial charge in [0.15, 0.2) is 0 Å². The molecular formula is C62H59N3. The van der Waals surface area contributed by atoms with E-state index in [2.05, 4.69) is 236 Å². The second kappa shape index (κ2) is 13.0. The van der Waals surface area contributed by atoms with Crippen molar-refractivity contribution in [1.82, 2.24) is 8.80 Å². The van der Waals surface area contributed by atoms with Gasteiger partial charge in [-0.15, -0.1) is 0 Å². The standard InChI is InChI=1S/C62H59N3/c1-59(2,3)36-23-28-52-46(29-36)49-32-37(60(4,5)6)30-47-44-26-25-43-42(54(44)64(52)56(47)49)24-27-45-48-31-38(61(7,8)9)33-50-51-34-39(62(10,11)12)35-53(58(51)65(55(43)45)57(48)50)63(40-19-15-13-16-20-40)41-21-17-14-18-22-41/h13-35H,1-12H3. The molecule has 3 heteroatoms. The molecule has 12 aromatic rings. The number of rotatable bonds is 3. The van der Waals surface area contributed by atoms with E-state index < -0.39 is 0 Å². The zero-order valence-corrected chi connectivity index (χ0v) is 40.1. The third-order valence-corrected chi connectivity index (χ3v) is 14.7. The SMILES string of the molecule is CC(C)(C)c1ccc2c(c1)c1cc(C(C)(C)C)cc3c4ccc5c(ccc6c7cc(C(C)(C)C)cc8c9cc(C(C)(C)C)cc(N(c%10ccccc%10)c%10ccccc%10)c9n(c87)c56)c4n2c13. The van der Waals surface area contributed by atoms with Crippen LogP contribution in [0.3, 0.4) is 0 Å². The van der Waals surface area contributed by atoms with E-state index in [0.29, 0.717) is 0 Å². The van der Waals surface area contributed by atoms with E-state index in [0.717, 1.165) is 11.4 Å². The van der Waals surface area contributed by atoms with Gasteiger partial charge in [-0.25, -0.2) is 0 Å². The highest BCUT2D eigenvalue weighted by Gasteiger charge is 2.31. The van der Waals surface area contributed by atoms with Gasteiger partial charge in [-0.2, -0.15) is 0 Å². The first-order valence-corrected chi connectivity index (χ1v) is 23.6. The molecule has 0 saturated heterocycles. The van der Waals surface area contributed by atoms with Crippen LogP contribution in [-0.4, -0.2) is 8.80 Å². The van der Waals surface area contributed by atoms with Crippen LogP contribution >= 0.6 is 0 Å². The van der Waals surface area contributed by atoms with Crippen molar-refractivity contribution < 1.29 is 0 Å². The van der Waals surface area contributed by atoms with E-state index in [1.807, 2.05) is 0 Å². The third-order valence-electron chi connectivity index (χ3n) is 14.7. The smallest absolute Gasteiger partial charge is 0.0783 e. The van der Waals surface area contributed by atoms with Gasteiger partial charge in [0.05, 0.1) is 38.8 Å². The zero-order chi connectivity index (χ0) is 45.3. The molecule has 65 heavy (non-hydrogen) atoms. The van der Waals surface area contributed by atoms with Crippen molar-refractivity contribution in [2.24, 2.45) is 0 Å². The highest BCUT2D eigenvalue weighted by atomic mass is 15.2. The number of nitrogens with zero attached hydrogens (tertiary/aromatic N) is 3. The summed E-state index contributed by atoms with van der Waals surface area (Å²) < 4.78 is 5.27. The van der Waals surface area contributed by atoms with E-state index in [4.69, 9.17) is 0 Å². The fourth-order valence-corrected chi connectivity index (χ4v) is 11.1. The first-order chi connectivity index (χ1) is 30.8. The first kappa shape index (κ1) is 40.0. The molecule has 0 bridgehead atoms. The largest absolute Gasteiger partial charge is 0.308 e. The molecule has 3 nitrogen and oxygen atoms in total. The molecule has 0 aliphatic rings. The monoisotopic (exact) mass is 845 g/mol. The Morgan fingerprint density at radius 3 is 1.09 bits per heavy atom. The van der Waals surface area contributed by atoms with Gasteiger partial charge in [0.25, 0.3) is 0 Å². The molecule has 4 aromatic heterocycles. The molecule has 322 valence electrons. The third kappa shape index (κ3) is 5.67. The van der Waals surface area contributed by atoms with Crippen LogP contribution < -0.4 is 4.90 Å². The number of hydrogen-bond donors (Lipinski definition) is 0. The predicted octanol–water partition coefficient (Wildman–Crippen LogP) is 17.8. The molecule has 0 aliphatic heterocycles. The van der Waals surface area contributed by atoms with Gasteiger partial charge in [-0.05, 0) is 117 Å². The Labute approximate surface area is 382 Å². The molecule has 0 spiro atoms. The van der Waals surface area contributed by atoms with Gasteiger partial charge < -0.3 is 13.7 Å². The summed E-state index contributed by atoms with van der Waals surface area (Å²) in [7, 11) is 0. The number of anilines is 3. The molecule has 12 rings (SSSR count). The van der Waals surface area contributed by atoms with Crippen molar-refractivity contribution in [3.63, 3.8) is 0 Å². The molecular weight excluding hydrogens is 787 g/mol. The lowest BCUT2D eigenvalue weighted by Crippen LogP contribution is -2.15. The van der Waals surface area contributed by atoms with Crippen molar-refractivity contribution in [3.8, 4) is 0 Å². The summed E-state index contributed by atoms with van der Waals surface area (Å²) in [5.74, 6) is 0. The van der Waals surface area contributed by atoms with E-state index in [9.17, 15) is 0 Å².